The van der Waals surface area contributed by atoms with Gasteiger partial charge in [0.05, 0.1) is 8.84 Å². The van der Waals surface area contributed by atoms with Crippen molar-refractivity contribution in [2.24, 2.45) is 0 Å². The van der Waals surface area contributed by atoms with E-state index >= 15 is 0 Å². The summed E-state index contributed by atoms with van der Waals surface area (Å²) >= 11 is 0. The van der Waals surface area contributed by atoms with Crippen molar-refractivity contribution in [2.75, 3.05) is 0 Å². The van der Waals surface area contributed by atoms with Crippen LogP contribution < -0.4 is 5.06 Å². The first kappa shape index (κ1) is 26.0. The highest BCUT2D eigenvalue weighted by atomic mass is 32.3. The van der Waals surface area contributed by atoms with Crippen molar-refractivity contribution < 1.29 is 40.1 Å². The van der Waals surface area contributed by atoms with Crippen LogP contribution in [0.25, 0.3) is 0 Å². The summed E-state index contributed by atoms with van der Waals surface area (Å²) in [6, 6.07) is 7.04. The minimum Gasteiger partial charge on any atom is -0.200 e. The highest BCUT2D eigenvalue weighted by Crippen LogP contribution is 2.32. The standard InChI is InChI=1S/C24H22F5NO3S/c1-11-7-13(3)22(14(4)8-11)30(23-15(5)9-12(2)10-16(23)6)33-34(31,32)24-20(28)18(26)17(25)19(27)21(24)29/h7-10H,1-6H3/q+1/p+1. The van der Waals surface area contributed by atoms with Crippen molar-refractivity contribution in [3.8, 4) is 0 Å². The van der Waals surface area contributed by atoms with Gasteiger partial charge >= 0.3 is 15.4 Å². The molecule has 0 heterocycles. The Kier molecular flexibility index (Phi) is 7.01. The lowest BCUT2D eigenvalue weighted by atomic mass is 10.0. The van der Waals surface area contributed by atoms with E-state index < -0.39 is 44.5 Å². The second-order valence-corrected chi connectivity index (χ2v) is 9.80. The summed E-state index contributed by atoms with van der Waals surface area (Å²) in [5.41, 5.74) is 4.79. The van der Waals surface area contributed by atoms with Gasteiger partial charge in [0.25, 0.3) is 0 Å². The Hall–Kier alpha value is -2.66. The molecule has 4 nitrogen and oxygen atoms in total. The van der Waals surface area contributed by atoms with E-state index in [1.165, 1.54) is 0 Å². The average Bonchev–Trinajstić information content (AvgIpc) is 2.68. The molecule has 181 valence electrons. The van der Waals surface area contributed by atoms with E-state index in [9.17, 15) is 30.7 Å². The van der Waals surface area contributed by atoms with Gasteiger partial charge in [0, 0.05) is 22.3 Å². The van der Waals surface area contributed by atoms with Crippen molar-refractivity contribution in [3.05, 3.63) is 86.7 Å². The number of benzene rings is 3. The number of halogens is 5. The number of aryl methyl sites for hydroxylation is 6. The molecule has 0 aliphatic rings. The van der Waals surface area contributed by atoms with Crippen LogP contribution in [0, 0.1) is 70.6 Å². The van der Waals surface area contributed by atoms with Crippen LogP contribution in [0.4, 0.5) is 33.3 Å². The van der Waals surface area contributed by atoms with Gasteiger partial charge in [-0.05, 0) is 45.8 Å². The molecule has 0 saturated heterocycles. The third-order valence-electron chi connectivity index (χ3n) is 5.42. The summed E-state index contributed by atoms with van der Waals surface area (Å²) in [5.74, 6) is -12.2. The Bertz CT molecular complexity index is 1230. The maximum Gasteiger partial charge on any atom is 0.489 e. The van der Waals surface area contributed by atoms with E-state index in [1.807, 2.05) is 13.8 Å². The molecule has 1 radical (unpaired) electrons. The van der Waals surface area contributed by atoms with E-state index in [0.29, 0.717) is 33.6 Å². The van der Waals surface area contributed by atoms with Gasteiger partial charge in [-0.3, -0.25) is 0 Å². The molecule has 0 bridgehead atoms. The second-order valence-electron chi connectivity index (χ2n) is 8.31. The van der Waals surface area contributed by atoms with Gasteiger partial charge in [0.2, 0.25) is 29.1 Å². The maximum atomic E-state index is 14.4. The molecule has 0 amide bonds. The van der Waals surface area contributed by atoms with Crippen molar-refractivity contribution in [1.29, 1.82) is 0 Å². The fourth-order valence-corrected chi connectivity index (χ4v) is 5.33. The number of hydrogen-bond acceptors (Lipinski definition) is 2. The SMILES string of the molecule is Cc1cc(C)c([NH+](O[S+]([O])(=O)c2c(F)c(F)c(F)c(F)c2F)c2c(C)cc(C)cc2C)c(C)c1. The molecule has 0 aliphatic heterocycles. The van der Waals surface area contributed by atoms with Crippen LogP contribution in [0.3, 0.4) is 0 Å². The first-order chi connectivity index (χ1) is 15.7. The lowest BCUT2D eigenvalue weighted by molar-refractivity contribution is -0.953. The van der Waals surface area contributed by atoms with Gasteiger partial charge in [-0.25, -0.2) is 13.2 Å². The molecule has 3 aromatic rings. The molecule has 0 spiro atoms. The molecule has 3 rings (SSSR count). The largest absolute Gasteiger partial charge is 0.489 e. The van der Waals surface area contributed by atoms with E-state index in [1.54, 1.807) is 52.0 Å². The van der Waals surface area contributed by atoms with E-state index in [4.69, 9.17) is 4.28 Å². The number of hydrogen-bond donors (Lipinski definition) is 1. The van der Waals surface area contributed by atoms with Crippen molar-refractivity contribution in [2.45, 2.75) is 46.4 Å². The van der Waals surface area contributed by atoms with Crippen LogP contribution in [0.15, 0.2) is 29.2 Å². The summed E-state index contributed by atoms with van der Waals surface area (Å²) in [7, 11) is -5.50. The molecule has 0 aromatic heterocycles. The molecule has 3 aromatic carbocycles. The van der Waals surface area contributed by atoms with Crippen LogP contribution in [-0.2, 0) is 23.5 Å². The second kappa shape index (κ2) is 9.18. The molecule has 0 fully saturated rings. The van der Waals surface area contributed by atoms with E-state index in [0.717, 1.165) is 11.1 Å². The number of quaternary nitrogens is 1. The summed E-state index contributed by atoms with van der Waals surface area (Å²) < 4.78 is 101. The van der Waals surface area contributed by atoms with Crippen molar-refractivity contribution >= 4 is 21.9 Å². The summed E-state index contributed by atoms with van der Waals surface area (Å²) in [6.07, 6.45) is 0. The first-order valence-electron chi connectivity index (χ1n) is 10.2. The summed E-state index contributed by atoms with van der Waals surface area (Å²) in [6.45, 7) is 10.5. The Balaban J connectivity index is 2.32. The lowest BCUT2D eigenvalue weighted by Gasteiger charge is -2.21. The monoisotopic (exact) mass is 500 g/mol. The zero-order valence-electron chi connectivity index (χ0n) is 19.3. The Labute approximate surface area is 195 Å². The molecule has 0 saturated carbocycles. The highest BCUT2D eigenvalue weighted by molar-refractivity contribution is 7.92. The van der Waals surface area contributed by atoms with Crippen LogP contribution in [0.2, 0.25) is 0 Å². The summed E-state index contributed by atoms with van der Waals surface area (Å²) in [4.78, 5) is -2.05. The molecular weight excluding hydrogens is 477 g/mol. The van der Waals surface area contributed by atoms with E-state index in [2.05, 4.69) is 0 Å². The van der Waals surface area contributed by atoms with E-state index in [-0.39, 0.29) is 5.06 Å². The highest BCUT2D eigenvalue weighted by Gasteiger charge is 2.52. The topological polar surface area (TPSA) is 50.6 Å². The van der Waals surface area contributed by atoms with Gasteiger partial charge in [0.1, 0.15) is 0 Å². The molecular formula is C24H23F5NO3S+2. The molecule has 1 atom stereocenters. The summed E-state index contributed by atoms with van der Waals surface area (Å²) in [5, 5.41) is -0.269. The molecule has 1 unspecified atom stereocenters. The number of nitrogens with one attached hydrogen (secondary N) is 1. The molecule has 0 aliphatic carbocycles. The van der Waals surface area contributed by atoms with Gasteiger partial charge in [0.15, 0.2) is 11.4 Å². The minimum atomic E-state index is -5.50. The maximum absolute atomic E-state index is 14.4. The molecule has 1 N–H and O–H groups in total. The zero-order chi connectivity index (χ0) is 25.7. The zero-order valence-corrected chi connectivity index (χ0v) is 20.1. The fourth-order valence-electron chi connectivity index (χ4n) is 4.24. The van der Waals surface area contributed by atoms with Crippen LogP contribution in [-0.4, -0.2) is 0 Å². The number of rotatable bonds is 5. The predicted molar refractivity (Wildman–Crippen MR) is 116 cm³/mol. The quantitative estimate of drug-likeness (QED) is 0.158. The molecule has 34 heavy (non-hydrogen) atoms. The van der Waals surface area contributed by atoms with Gasteiger partial charge in [-0.2, -0.15) is 8.78 Å². The Morgan fingerprint density at radius 3 is 1.24 bits per heavy atom. The van der Waals surface area contributed by atoms with Gasteiger partial charge in [-0.1, -0.05) is 40.5 Å². The molecule has 10 heteroatoms. The normalized spacial score (nSPS) is 13.4. The van der Waals surface area contributed by atoms with Crippen molar-refractivity contribution in [1.82, 2.24) is 0 Å². The Morgan fingerprint density at radius 1 is 0.618 bits per heavy atom. The smallest absolute Gasteiger partial charge is 0.200 e. The van der Waals surface area contributed by atoms with Gasteiger partial charge < -0.3 is 0 Å². The van der Waals surface area contributed by atoms with Crippen LogP contribution in [0.5, 0.6) is 0 Å². The van der Waals surface area contributed by atoms with Crippen LogP contribution in [0.1, 0.15) is 33.4 Å². The first-order valence-corrected chi connectivity index (χ1v) is 11.6. The Morgan fingerprint density at radius 2 is 0.912 bits per heavy atom. The lowest BCUT2D eigenvalue weighted by Crippen LogP contribution is -3.02. The average molecular weight is 501 g/mol. The fraction of sp³-hybridized carbons (Fsp3) is 0.250. The van der Waals surface area contributed by atoms with Gasteiger partial charge in [-0.15, -0.1) is 0 Å². The predicted octanol–water partition coefficient (Wildman–Crippen LogP) is 5.83. The third-order valence-corrected chi connectivity index (χ3v) is 6.67. The van der Waals surface area contributed by atoms with Crippen molar-refractivity contribution in [3.63, 3.8) is 0 Å². The minimum absolute atomic E-state index is 0.269. The third kappa shape index (κ3) is 4.50. The van der Waals surface area contributed by atoms with Crippen LogP contribution >= 0.6 is 0 Å².